The van der Waals surface area contributed by atoms with Crippen molar-refractivity contribution in [1.82, 2.24) is 4.90 Å². The summed E-state index contributed by atoms with van der Waals surface area (Å²) in [6.45, 7) is 2.16. The monoisotopic (exact) mass is 294 g/mol. The van der Waals surface area contributed by atoms with E-state index < -0.39 is 16.4 Å². The van der Waals surface area contributed by atoms with Gasteiger partial charge in [0.1, 0.15) is 0 Å². The maximum atomic E-state index is 13.7. The second-order valence-corrected chi connectivity index (χ2v) is 5.77. The topological polar surface area (TPSA) is 55.6 Å². The summed E-state index contributed by atoms with van der Waals surface area (Å²) in [6.07, 6.45) is 4.91. The zero-order valence-electron chi connectivity index (χ0n) is 11.8. The third-order valence-corrected chi connectivity index (χ3v) is 4.44. The first-order valence-corrected chi connectivity index (χ1v) is 7.43. The molecule has 2 fully saturated rings. The minimum atomic E-state index is -0.758. The van der Waals surface area contributed by atoms with Gasteiger partial charge < -0.3 is 4.74 Å². The van der Waals surface area contributed by atoms with Gasteiger partial charge in [0.2, 0.25) is 5.82 Å². The van der Waals surface area contributed by atoms with Crippen molar-refractivity contribution in [3.05, 3.63) is 39.7 Å². The Bertz CT molecular complexity index is 536. The Morgan fingerprint density at radius 2 is 2.19 bits per heavy atom. The standard InChI is InChI=1S/C15H19FN2O3/c16-12-9-11(5-6-13(12)18(19)20)10-17-7-8-21-15-4-2-1-3-14(15)17/h5-6,9,14-15H,1-4,7-8,10H2. The minimum absolute atomic E-state index is 0.287. The maximum absolute atomic E-state index is 13.7. The minimum Gasteiger partial charge on any atom is -0.375 e. The lowest BCUT2D eigenvalue weighted by Gasteiger charge is -2.43. The number of fused-ring (bicyclic) bond motifs is 1. The molecule has 2 unspecified atom stereocenters. The van der Waals surface area contributed by atoms with E-state index in [1.807, 2.05) is 0 Å². The lowest BCUT2D eigenvalue weighted by molar-refractivity contribution is -0.387. The molecule has 1 aliphatic carbocycles. The molecule has 6 heteroatoms. The molecule has 1 aromatic carbocycles. The van der Waals surface area contributed by atoms with Gasteiger partial charge in [0.05, 0.1) is 17.6 Å². The van der Waals surface area contributed by atoms with E-state index in [0.717, 1.165) is 24.9 Å². The Morgan fingerprint density at radius 3 is 2.95 bits per heavy atom. The fourth-order valence-corrected chi connectivity index (χ4v) is 3.40. The smallest absolute Gasteiger partial charge is 0.304 e. The summed E-state index contributed by atoms with van der Waals surface area (Å²) in [7, 11) is 0. The number of hydrogen-bond donors (Lipinski definition) is 0. The first kappa shape index (κ1) is 14.4. The highest BCUT2D eigenvalue weighted by Crippen LogP contribution is 2.30. The molecule has 1 saturated heterocycles. The van der Waals surface area contributed by atoms with E-state index in [9.17, 15) is 14.5 Å². The first-order valence-electron chi connectivity index (χ1n) is 7.43. The van der Waals surface area contributed by atoms with Crippen LogP contribution in [0.2, 0.25) is 0 Å². The number of ether oxygens (including phenoxy) is 1. The Hall–Kier alpha value is -1.53. The van der Waals surface area contributed by atoms with Gasteiger partial charge in [0.15, 0.2) is 0 Å². The molecule has 0 N–H and O–H groups in total. The van der Waals surface area contributed by atoms with Gasteiger partial charge in [-0.25, -0.2) is 0 Å². The molecule has 1 saturated carbocycles. The molecule has 0 radical (unpaired) electrons. The molecule has 2 atom stereocenters. The molecule has 0 spiro atoms. The molecular formula is C15H19FN2O3. The average Bonchev–Trinajstić information content (AvgIpc) is 2.47. The van der Waals surface area contributed by atoms with Crippen LogP contribution >= 0.6 is 0 Å². The van der Waals surface area contributed by atoms with E-state index in [1.54, 1.807) is 6.07 Å². The summed E-state index contributed by atoms with van der Waals surface area (Å²) in [5, 5.41) is 10.6. The van der Waals surface area contributed by atoms with Crippen LogP contribution in [0.4, 0.5) is 10.1 Å². The van der Waals surface area contributed by atoms with E-state index in [0.29, 0.717) is 19.2 Å². The van der Waals surface area contributed by atoms with Crippen molar-refractivity contribution in [1.29, 1.82) is 0 Å². The number of nitrogens with zero attached hydrogens (tertiary/aromatic N) is 2. The third-order valence-electron chi connectivity index (χ3n) is 4.44. The van der Waals surface area contributed by atoms with Crippen LogP contribution in [0.1, 0.15) is 31.2 Å². The lowest BCUT2D eigenvalue weighted by Crippen LogP contribution is -2.52. The summed E-state index contributed by atoms with van der Waals surface area (Å²) in [6, 6.07) is 4.58. The van der Waals surface area contributed by atoms with Crippen LogP contribution < -0.4 is 0 Å². The van der Waals surface area contributed by atoms with Crippen molar-refractivity contribution >= 4 is 5.69 Å². The number of morpholine rings is 1. The van der Waals surface area contributed by atoms with E-state index in [1.165, 1.54) is 25.0 Å². The molecule has 1 heterocycles. The van der Waals surface area contributed by atoms with Gasteiger partial charge in [-0.3, -0.25) is 15.0 Å². The molecule has 0 bridgehead atoms. The largest absolute Gasteiger partial charge is 0.375 e. The Morgan fingerprint density at radius 1 is 1.38 bits per heavy atom. The van der Waals surface area contributed by atoms with Crippen LogP contribution in [0, 0.1) is 15.9 Å². The Labute approximate surface area is 122 Å². The molecule has 0 aromatic heterocycles. The summed E-state index contributed by atoms with van der Waals surface area (Å²) in [5.41, 5.74) is 0.320. The van der Waals surface area contributed by atoms with Gasteiger partial charge in [0.25, 0.3) is 0 Å². The summed E-state index contributed by atoms with van der Waals surface area (Å²) in [5.74, 6) is -0.758. The molecule has 21 heavy (non-hydrogen) atoms. The number of hydrogen-bond acceptors (Lipinski definition) is 4. The van der Waals surface area contributed by atoms with E-state index >= 15 is 0 Å². The van der Waals surface area contributed by atoms with Crippen molar-refractivity contribution in [3.8, 4) is 0 Å². The average molecular weight is 294 g/mol. The fourth-order valence-electron chi connectivity index (χ4n) is 3.40. The SMILES string of the molecule is O=[N+]([O-])c1ccc(CN2CCOC3CCCCC32)cc1F. The number of halogens is 1. The lowest BCUT2D eigenvalue weighted by atomic mass is 9.90. The van der Waals surface area contributed by atoms with Gasteiger partial charge in [-0.1, -0.05) is 18.9 Å². The predicted molar refractivity (Wildman–Crippen MR) is 75.5 cm³/mol. The van der Waals surface area contributed by atoms with Gasteiger partial charge in [-0.15, -0.1) is 0 Å². The van der Waals surface area contributed by atoms with Crippen LogP contribution in [0.5, 0.6) is 0 Å². The summed E-state index contributed by atoms with van der Waals surface area (Å²) < 4.78 is 19.5. The van der Waals surface area contributed by atoms with Crippen molar-refractivity contribution in [2.45, 2.75) is 44.4 Å². The van der Waals surface area contributed by atoms with Crippen molar-refractivity contribution in [3.63, 3.8) is 0 Å². The number of nitro groups is 1. The van der Waals surface area contributed by atoms with Crippen molar-refractivity contribution < 1.29 is 14.1 Å². The van der Waals surface area contributed by atoms with Gasteiger partial charge >= 0.3 is 5.69 Å². The molecule has 1 aliphatic heterocycles. The normalized spacial score (nSPS) is 26.3. The molecule has 1 aromatic rings. The van der Waals surface area contributed by atoms with Crippen LogP contribution in [-0.2, 0) is 11.3 Å². The quantitative estimate of drug-likeness (QED) is 0.635. The van der Waals surface area contributed by atoms with E-state index in [2.05, 4.69) is 4.90 Å². The molecule has 114 valence electrons. The third kappa shape index (κ3) is 3.06. The number of benzene rings is 1. The van der Waals surface area contributed by atoms with Gasteiger partial charge in [-0.05, 0) is 24.5 Å². The first-order chi connectivity index (χ1) is 10.1. The highest BCUT2D eigenvalue weighted by atomic mass is 19.1. The molecule has 0 amide bonds. The molecule has 5 nitrogen and oxygen atoms in total. The van der Waals surface area contributed by atoms with Crippen LogP contribution in [0.25, 0.3) is 0 Å². The summed E-state index contributed by atoms with van der Waals surface area (Å²) in [4.78, 5) is 12.3. The zero-order chi connectivity index (χ0) is 14.8. The second kappa shape index (κ2) is 6.07. The highest BCUT2D eigenvalue weighted by Gasteiger charge is 2.34. The fraction of sp³-hybridized carbons (Fsp3) is 0.600. The number of rotatable bonds is 3. The van der Waals surface area contributed by atoms with Gasteiger partial charge in [0, 0.05) is 25.2 Å². The predicted octanol–water partition coefficient (Wildman–Crippen LogP) is 2.88. The molecule has 3 rings (SSSR count). The Kier molecular flexibility index (Phi) is 4.17. The van der Waals surface area contributed by atoms with Crippen molar-refractivity contribution in [2.75, 3.05) is 13.2 Å². The van der Waals surface area contributed by atoms with Gasteiger partial charge in [-0.2, -0.15) is 4.39 Å². The van der Waals surface area contributed by atoms with E-state index in [4.69, 9.17) is 4.74 Å². The zero-order valence-corrected chi connectivity index (χ0v) is 11.8. The van der Waals surface area contributed by atoms with Crippen LogP contribution in [0.15, 0.2) is 18.2 Å². The highest BCUT2D eigenvalue weighted by molar-refractivity contribution is 5.35. The summed E-state index contributed by atoms with van der Waals surface area (Å²) >= 11 is 0. The maximum Gasteiger partial charge on any atom is 0.304 e. The van der Waals surface area contributed by atoms with Crippen molar-refractivity contribution in [2.24, 2.45) is 0 Å². The Balaban J connectivity index is 1.73. The second-order valence-electron chi connectivity index (χ2n) is 5.77. The number of nitro benzene ring substituents is 1. The molecular weight excluding hydrogens is 275 g/mol. The van der Waals surface area contributed by atoms with Crippen LogP contribution in [0.3, 0.4) is 0 Å². The van der Waals surface area contributed by atoms with Crippen LogP contribution in [-0.4, -0.2) is 35.1 Å². The van der Waals surface area contributed by atoms with E-state index in [-0.39, 0.29) is 6.10 Å². The molecule has 2 aliphatic rings.